The van der Waals surface area contributed by atoms with Crippen molar-refractivity contribution in [2.75, 3.05) is 0 Å². The standard InChI is InChI=1S/2C26H38O5S.Ca/c2*1-2-3-4-5-6-7-8-9-10-11-12-14-17-22-20-21-24(25(27)26(22)32(28,29)30)31-23-18-15-13-16-19-23;/h2*13,15-16,18-21,27H,2-12,14,17H2,1H3,(H,28,29,30);/q;;+2/p-2. The summed E-state index contributed by atoms with van der Waals surface area (Å²) in [6.07, 6.45) is 29.9. The van der Waals surface area contributed by atoms with Crippen LogP contribution in [-0.4, -0.2) is 68.8 Å². The fourth-order valence-electron chi connectivity index (χ4n) is 7.84. The molecule has 0 bridgehead atoms. The first-order chi connectivity index (χ1) is 30.9. The third-order valence-corrected chi connectivity index (χ3v) is 13.3. The van der Waals surface area contributed by atoms with E-state index in [1.807, 2.05) is 6.07 Å². The van der Waals surface area contributed by atoms with Gasteiger partial charge in [-0.3, -0.25) is 4.55 Å². The molecule has 0 aromatic heterocycles. The van der Waals surface area contributed by atoms with Gasteiger partial charge in [0.25, 0.3) is 10.1 Å². The van der Waals surface area contributed by atoms with E-state index in [1.54, 1.807) is 66.7 Å². The molecule has 10 nitrogen and oxygen atoms in total. The second-order valence-electron chi connectivity index (χ2n) is 16.8. The van der Waals surface area contributed by atoms with Gasteiger partial charge in [0.2, 0.25) is 0 Å². The maximum atomic E-state index is 12.7. The minimum atomic E-state index is -4.89. The smallest absolute Gasteiger partial charge is 0.869 e. The zero-order valence-electron chi connectivity index (χ0n) is 39.2. The second kappa shape index (κ2) is 33.6. The van der Waals surface area contributed by atoms with E-state index in [0.717, 1.165) is 38.5 Å². The number of ether oxygens (including phenoxy) is 2. The number of para-hydroxylation sites is 2. The van der Waals surface area contributed by atoms with Gasteiger partial charge in [0.15, 0.2) is 11.5 Å². The summed E-state index contributed by atoms with van der Waals surface area (Å²) in [4.78, 5) is -1.12. The fourth-order valence-corrected chi connectivity index (χ4v) is 9.51. The van der Waals surface area contributed by atoms with E-state index < -0.39 is 41.5 Å². The molecule has 0 atom stereocenters. The Balaban J connectivity index is 0.000000440. The van der Waals surface area contributed by atoms with Crippen LogP contribution >= 0.6 is 0 Å². The maximum Gasteiger partial charge on any atom is 2.00 e. The van der Waals surface area contributed by atoms with Crippen molar-refractivity contribution in [3.63, 3.8) is 0 Å². The molecule has 0 amide bonds. The first-order valence-electron chi connectivity index (χ1n) is 23.9. The Hall–Kier alpha value is -2.84. The van der Waals surface area contributed by atoms with Crippen LogP contribution < -0.4 is 14.6 Å². The molecule has 4 rings (SSSR count). The number of phenolic OH excluding ortho intramolecular Hbond substituents is 1. The number of aromatic hydroxyl groups is 1. The number of rotatable bonds is 32. The van der Waals surface area contributed by atoms with Crippen LogP contribution in [0.25, 0.3) is 0 Å². The van der Waals surface area contributed by atoms with Crippen LogP contribution in [0.3, 0.4) is 0 Å². The number of hydrogen-bond acceptors (Lipinski definition) is 9. The molecule has 0 aliphatic rings. The van der Waals surface area contributed by atoms with Crippen LogP contribution in [0.4, 0.5) is 0 Å². The zero-order chi connectivity index (χ0) is 46.5. The monoisotopic (exact) mass is 962 g/mol. The van der Waals surface area contributed by atoms with E-state index in [2.05, 4.69) is 13.8 Å². The molecule has 4 aromatic carbocycles. The molecule has 0 unspecified atom stereocenters. The molecule has 0 spiro atoms. The average Bonchev–Trinajstić information content (AvgIpc) is 3.26. The molecule has 0 saturated heterocycles. The maximum absolute atomic E-state index is 12.7. The number of unbranched alkanes of at least 4 members (excludes halogenated alkanes) is 22. The van der Waals surface area contributed by atoms with Gasteiger partial charge in [-0.1, -0.05) is 204 Å². The molecule has 0 saturated carbocycles. The van der Waals surface area contributed by atoms with Crippen molar-refractivity contribution < 1.29 is 45.6 Å². The van der Waals surface area contributed by atoms with Crippen molar-refractivity contribution in [1.82, 2.24) is 0 Å². The topological polar surface area (TPSA) is 173 Å². The predicted octanol–water partition coefficient (Wildman–Crippen LogP) is 14.0. The summed E-state index contributed by atoms with van der Waals surface area (Å²) in [5.41, 5.74) is 0.704. The molecule has 356 valence electrons. The summed E-state index contributed by atoms with van der Waals surface area (Å²) in [6, 6.07) is 23.5. The Bertz CT molecular complexity index is 1950. The Morgan fingerprint density at radius 1 is 0.462 bits per heavy atom. The Kier molecular flexibility index (Phi) is 30.1. The van der Waals surface area contributed by atoms with Crippen molar-refractivity contribution in [2.24, 2.45) is 0 Å². The normalized spacial score (nSPS) is 11.4. The minimum absolute atomic E-state index is 0. The van der Waals surface area contributed by atoms with Gasteiger partial charge in [0.1, 0.15) is 32.3 Å². The van der Waals surface area contributed by atoms with Gasteiger partial charge in [-0.25, -0.2) is 8.42 Å². The predicted molar refractivity (Wildman–Crippen MR) is 260 cm³/mol. The van der Waals surface area contributed by atoms with Gasteiger partial charge in [-0.15, -0.1) is 0 Å². The van der Waals surface area contributed by atoms with Crippen LogP contribution in [0.2, 0.25) is 0 Å². The third-order valence-electron chi connectivity index (χ3n) is 11.4. The molecule has 65 heavy (non-hydrogen) atoms. The van der Waals surface area contributed by atoms with Crippen LogP contribution in [0.15, 0.2) is 94.7 Å². The van der Waals surface area contributed by atoms with Crippen LogP contribution in [-0.2, 0) is 33.1 Å². The molecular weight excluding hydrogens is 889 g/mol. The fraction of sp³-hybridized carbons (Fsp3) is 0.538. The molecule has 0 aliphatic carbocycles. The van der Waals surface area contributed by atoms with Crippen molar-refractivity contribution >= 4 is 58.0 Å². The van der Waals surface area contributed by atoms with Crippen molar-refractivity contribution in [3.05, 3.63) is 96.1 Å². The van der Waals surface area contributed by atoms with Gasteiger partial charge < -0.3 is 24.2 Å². The summed E-state index contributed by atoms with van der Waals surface area (Å²) in [5, 5.41) is 23.1. The van der Waals surface area contributed by atoms with Gasteiger partial charge >= 0.3 is 37.7 Å². The summed E-state index contributed by atoms with van der Waals surface area (Å²) < 4.78 is 80.0. The van der Waals surface area contributed by atoms with E-state index in [4.69, 9.17) is 9.47 Å². The van der Waals surface area contributed by atoms with Gasteiger partial charge in [-0.05, 0) is 79.0 Å². The van der Waals surface area contributed by atoms with E-state index in [9.17, 15) is 36.2 Å². The summed E-state index contributed by atoms with van der Waals surface area (Å²) in [7, 11) is -9.46. The number of benzene rings is 4. The number of hydrogen-bond donors (Lipinski definition) is 2. The molecule has 0 aliphatic heterocycles. The zero-order valence-corrected chi connectivity index (χ0v) is 43.0. The molecule has 13 heteroatoms. The van der Waals surface area contributed by atoms with E-state index in [-0.39, 0.29) is 54.8 Å². The Morgan fingerprint density at radius 3 is 1.14 bits per heavy atom. The number of aryl methyl sites for hydroxylation is 2. The molecule has 0 heterocycles. The number of phenols is 1. The van der Waals surface area contributed by atoms with Crippen molar-refractivity contribution in [1.29, 1.82) is 0 Å². The largest absolute Gasteiger partial charge is 2.00 e. The van der Waals surface area contributed by atoms with Crippen molar-refractivity contribution in [2.45, 2.75) is 191 Å². The first kappa shape index (κ1) is 58.3. The van der Waals surface area contributed by atoms with Crippen LogP contribution in [0.5, 0.6) is 34.5 Å². The van der Waals surface area contributed by atoms with Gasteiger partial charge in [0.05, 0.1) is 4.90 Å². The molecule has 4 aromatic rings. The second-order valence-corrected chi connectivity index (χ2v) is 19.5. The Morgan fingerprint density at radius 2 is 0.785 bits per heavy atom. The van der Waals surface area contributed by atoms with E-state index in [1.165, 1.54) is 128 Å². The Labute approximate surface area is 421 Å². The minimum Gasteiger partial charge on any atom is -0.869 e. The van der Waals surface area contributed by atoms with Crippen LogP contribution in [0, 0.1) is 0 Å². The summed E-state index contributed by atoms with van der Waals surface area (Å²) >= 11 is 0. The van der Waals surface area contributed by atoms with Gasteiger partial charge in [0, 0.05) is 0 Å². The molecule has 0 fully saturated rings. The average molecular weight is 963 g/mol. The van der Waals surface area contributed by atoms with Gasteiger partial charge in [-0.2, -0.15) is 8.42 Å². The first-order valence-corrected chi connectivity index (χ1v) is 26.8. The molecule has 0 radical (unpaired) electrons. The summed E-state index contributed by atoms with van der Waals surface area (Å²) in [6.45, 7) is 4.47. The van der Waals surface area contributed by atoms with Crippen molar-refractivity contribution in [3.8, 4) is 34.5 Å². The molecule has 2 N–H and O–H groups in total. The third kappa shape index (κ3) is 23.6. The quantitative estimate of drug-likeness (QED) is 0.0272. The van der Waals surface area contributed by atoms with E-state index >= 15 is 0 Å². The van der Waals surface area contributed by atoms with E-state index in [0.29, 0.717) is 29.9 Å². The summed E-state index contributed by atoms with van der Waals surface area (Å²) in [5.74, 6) is -0.676. The SMILES string of the molecule is CCCCCCCCCCCCCCc1ccc(Oc2ccccc2)c(O)c1S(=O)(=O)O.CCCCCCCCCCCCCCc1ccc(Oc2ccccc2)c([O-])c1S(=O)(=O)[O-].[Ca+2]. The molecular formula is C52H74CaO10S2. The van der Waals surface area contributed by atoms with Crippen LogP contribution in [0.1, 0.15) is 179 Å².